The molecule has 4 rings (SSSR count). The molecule has 6 heteroatoms. The molecule has 0 bridgehead atoms. The van der Waals surface area contributed by atoms with Crippen LogP contribution in [0.15, 0.2) is 35.7 Å². The Kier molecular flexibility index (Phi) is 3.79. The van der Waals surface area contributed by atoms with E-state index in [0.717, 1.165) is 25.1 Å². The topological polar surface area (TPSA) is 32.8 Å². The lowest BCUT2D eigenvalue weighted by Gasteiger charge is -2.29. The van der Waals surface area contributed by atoms with E-state index < -0.39 is 0 Å². The van der Waals surface area contributed by atoms with Gasteiger partial charge in [-0.15, -0.1) is 11.3 Å². The van der Waals surface area contributed by atoms with Crippen molar-refractivity contribution in [3.05, 3.63) is 45.6 Å². The molecule has 0 saturated carbocycles. The normalized spacial score (nSPS) is 24.3. The average Bonchev–Trinajstić information content (AvgIpc) is 3.26. The Hall–Kier alpha value is -1.56. The zero-order chi connectivity index (χ0) is 16.0. The van der Waals surface area contributed by atoms with Crippen LogP contribution in [0.25, 0.3) is 0 Å². The highest BCUT2D eigenvalue weighted by Crippen LogP contribution is 2.46. The van der Waals surface area contributed by atoms with Crippen molar-refractivity contribution < 1.29 is 9.53 Å². The van der Waals surface area contributed by atoms with E-state index in [0.29, 0.717) is 10.8 Å². The first-order valence-corrected chi connectivity index (χ1v) is 8.92. The van der Waals surface area contributed by atoms with E-state index in [1.54, 1.807) is 24.5 Å². The van der Waals surface area contributed by atoms with Crippen LogP contribution in [0.4, 0.5) is 5.69 Å². The SMILES string of the molecule is COc1ccc(Cl)cc1N1C(=O)C2CCCN2C1c1cccs1. The number of fused-ring (bicyclic) bond motifs is 1. The molecule has 3 heterocycles. The minimum Gasteiger partial charge on any atom is -0.495 e. The number of hydrogen-bond donors (Lipinski definition) is 0. The molecule has 4 nitrogen and oxygen atoms in total. The third-order valence-corrected chi connectivity index (χ3v) is 5.72. The molecule has 2 aromatic rings. The highest BCUT2D eigenvalue weighted by molar-refractivity contribution is 7.10. The summed E-state index contributed by atoms with van der Waals surface area (Å²) < 4.78 is 5.48. The number of carbonyl (C=O) groups excluding carboxylic acids is 1. The maximum absolute atomic E-state index is 13.1. The molecule has 0 radical (unpaired) electrons. The van der Waals surface area contributed by atoms with E-state index in [2.05, 4.69) is 16.3 Å². The van der Waals surface area contributed by atoms with Crippen molar-refractivity contribution in [1.82, 2.24) is 4.90 Å². The van der Waals surface area contributed by atoms with Crippen LogP contribution in [-0.2, 0) is 4.79 Å². The van der Waals surface area contributed by atoms with Crippen LogP contribution in [0.1, 0.15) is 23.9 Å². The molecule has 2 aliphatic heterocycles. The summed E-state index contributed by atoms with van der Waals surface area (Å²) in [4.78, 5) is 18.4. The molecule has 2 aliphatic rings. The maximum atomic E-state index is 13.1. The van der Waals surface area contributed by atoms with Gasteiger partial charge in [-0.1, -0.05) is 17.7 Å². The van der Waals surface area contributed by atoms with Gasteiger partial charge >= 0.3 is 0 Å². The molecule has 1 amide bonds. The number of carbonyl (C=O) groups is 1. The summed E-state index contributed by atoms with van der Waals surface area (Å²) in [5.74, 6) is 0.812. The average molecular weight is 349 g/mol. The molecule has 0 aliphatic carbocycles. The van der Waals surface area contributed by atoms with Crippen molar-refractivity contribution in [2.45, 2.75) is 25.0 Å². The number of hydrogen-bond acceptors (Lipinski definition) is 4. The van der Waals surface area contributed by atoms with E-state index in [1.165, 1.54) is 4.88 Å². The van der Waals surface area contributed by atoms with Crippen LogP contribution in [-0.4, -0.2) is 30.5 Å². The van der Waals surface area contributed by atoms with Crippen molar-refractivity contribution in [2.75, 3.05) is 18.6 Å². The number of thiophene rings is 1. The number of rotatable bonds is 3. The Morgan fingerprint density at radius 3 is 2.96 bits per heavy atom. The molecule has 2 atom stereocenters. The summed E-state index contributed by atoms with van der Waals surface area (Å²) in [5.41, 5.74) is 0.748. The van der Waals surface area contributed by atoms with Crippen molar-refractivity contribution in [3.63, 3.8) is 0 Å². The second-order valence-electron chi connectivity index (χ2n) is 5.81. The zero-order valence-corrected chi connectivity index (χ0v) is 14.3. The van der Waals surface area contributed by atoms with Gasteiger partial charge in [-0.2, -0.15) is 0 Å². The molecule has 2 fully saturated rings. The number of anilines is 1. The lowest BCUT2D eigenvalue weighted by Crippen LogP contribution is -2.32. The highest BCUT2D eigenvalue weighted by Gasteiger charge is 2.50. The number of methoxy groups -OCH3 is 1. The Morgan fingerprint density at radius 2 is 2.22 bits per heavy atom. The fourth-order valence-corrected chi connectivity index (χ4v) is 4.61. The van der Waals surface area contributed by atoms with Crippen molar-refractivity contribution in [2.24, 2.45) is 0 Å². The van der Waals surface area contributed by atoms with Gasteiger partial charge in [0.2, 0.25) is 5.91 Å². The standard InChI is InChI=1S/C17H17ClN2O2S/c1-22-14-7-6-11(18)10-13(14)20-16(15-5-3-9-23-15)19-8-2-4-12(19)17(20)21/h3,5-7,9-10,12,16H,2,4,8H2,1H3. The number of ether oxygens (including phenoxy) is 1. The van der Waals surface area contributed by atoms with E-state index in [-0.39, 0.29) is 18.1 Å². The van der Waals surface area contributed by atoms with Gasteiger partial charge < -0.3 is 4.74 Å². The van der Waals surface area contributed by atoms with Gasteiger partial charge in [0.1, 0.15) is 11.9 Å². The minimum absolute atomic E-state index is 0.0363. The molecule has 1 aromatic heterocycles. The predicted octanol–water partition coefficient (Wildman–Crippen LogP) is 3.92. The fourth-order valence-electron chi connectivity index (χ4n) is 3.61. The monoisotopic (exact) mass is 348 g/mol. The number of benzene rings is 1. The smallest absolute Gasteiger partial charge is 0.246 e. The molecular formula is C17H17ClN2O2S. The number of amides is 1. The Morgan fingerprint density at radius 1 is 1.35 bits per heavy atom. The van der Waals surface area contributed by atoms with Gasteiger partial charge in [0.25, 0.3) is 0 Å². The van der Waals surface area contributed by atoms with Crippen LogP contribution >= 0.6 is 22.9 Å². The quantitative estimate of drug-likeness (QED) is 0.842. The predicted molar refractivity (Wildman–Crippen MR) is 92.3 cm³/mol. The molecular weight excluding hydrogens is 332 g/mol. The van der Waals surface area contributed by atoms with Gasteiger partial charge in [0, 0.05) is 16.4 Å². The first-order chi connectivity index (χ1) is 11.2. The van der Waals surface area contributed by atoms with Gasteiger partial charge in [0.05, 0.1) is 18.8 Å². The summed E-state index contributed by atoms with van der Waals surface area (Å²) in [6.07, 6.45) is 1.92. The Bertz CT molecular complexity index is 734. The van der Waals surface area contributed by atoms with Crippen LogP contribution in [0, 0.1) is 0 Å². The lowest BCUT2D eigenvalue weighted by atomic mass is 10.2. The fraction of sp³-hybridized carbons (Fsp3) is 0.353. The van der Waals surface area contributed by atoms with Crippen molar-refractivity contribution >= 4 is 34.5 Å². The molecule has 120 valence electrons. The minimum atomic E-state index is -0.0673. The lowest BCUT2D eigenvalue weighted by molar-refractivity contribution is -0.119. The van der Waals surface area contributed by atoms with Crippen LogP contribution < -0.4 is 9.64 Å². The second-order valence-corrected chi connectivity index (χ2v) is 7.23. The molecule has 23 heavy (non-hydrogen) atoms. The van der Waals surface area contributed by atoms with Crippen molar-refractivity contribution in [1.29, 1.82) is 0 Å². The maximum Gasteiger partial charge on any atom is 0.246 e. The summed E-state index contributed by atoms with van der Waals surface area (Å²) in [6.45, 7) is 0.943. The molecule has 2 saturated heterocycles. The second kappa shape index (κ2) is 5.82. The number of halogens is 1. The first-order valence-electron chi connectivity index (χ1n) is 7.66. The summed E-state index contributed by atoms with van der Waals surface area (Å²) in [5, 5.41) is 2.65. The Labute approximate surface area is 144 Å². The van der Waals surface area contributed by atoms with E-state index >= 15 is 0 Å². The van der Waals surface area contributed by atoms with E-state index in [1.807, 2.05) is 23.1 Å². The summed E-state index contributed by atoms with van der Waals surface area (Å²) in [7, 11) is 1.62. The Balaban J connectivity index is 1.85. The van der Waals surface area contributed by atoms with Gasteiger partial charge in [-0.3, -0.25) is 14.6 Å². The van der Waals surface area contributed by atoms with Crippen LogP contribution in [0.2, 0.25) is 5.02 Å². The highest BCUT2D eigenvalue weighted by atomic mass is 35.5. The van der Waals surface area contributed by atoms with Crippen molar-refractivity contribution in [3.8, 4) is 5.75 Å². The van der Waals surface area contributed by atoms with Gasteiger partial charge in [-0.25, -0.2) is 0 Å². The van der Waals surface area contributed by atoms with E-state index in [9.17, 15) is 4.79 Å². The third kappa shape index (κ3) is 2.35. The molecule has 0 N–H and O–H groups in total. The molecule has 1 aromatic carbocycles. The van der Waals surface area contributed by atoms with E-state index in [4.69, 9.17) is 16.3 Å². The molecule has 2 unspecified atom stereocenters. The first kappa shape index (κ1) is 15.0. The van der Waals surface area contributed by atoms with Gasteiger partial charge in [-0.05, 0) is 42.5 Å². The molecule has 0 spiro atoms. The third-order valence-electron chi connectivity index (χ3n) is 4.57. The van der Waals surface area contributed by atoms with Crippen LogP contribution in [0.3, 0.4) is 0 Å². The number of nitrogens with zero attached hydrogens (tertiary/aromatic N) is 2. The zero-order valence-electron chi connectivity index (χ0n) is 12.7. The van der Waals surface area contributed by atoms with Gasteiger partial charge in [0.15, 0.2) is 0 Å². The largest absolute Gasteiger partial charge is 0.495 e. The van der Waals surface area contributed by atoms with Crippen LogP contribution in [0.5, 0.6) is 5.75 Å². The summed E-state index contributed by atoms with van der Waals surface area (Å²) in [6, 6.07) is 9.51. The summed E-state index contributed by atoms with van der Waals surface area (Å²) >= 11 is 7.87.